The number of aromatic nitrogens is 3. The van der Waals surface area contributed by atoms with Gasteiger partial charge >= 0.3 is 0 Å². The van der Waals surface area contributed by atoms with Gasteiger partial charge in [-0.1, -0.05) is 54.2 Å². The van der Waals surface area contributed by atoms with Crippen LogP contribution in [0.2, 0.25) is 0 Å². The van der Waals surface area contributed by atoms with Crippen LogP contribution in [0.5, 0.6) is 5.75 Å². The quantitative estimate of drug-likeness (QED) is 0.457. The molecule has 8 heteroatoms. The molecule has 1 aromatic heterocycles. The summed E-state index contributed by atoms with van der Waals surface area (Å²) in [5.74, 6) is 2.60. The van der Waals surface area contributed by atoms with Gasteiger partial charge in [-0.05, 0) is 43.0 Å². The van der Waals surface area contributed by atoms with E-state index in [1.54, 1.807) is 12.1 Å². The van der Waals surface area contributed by atoms with Crippen LogP contribution in [-0.4, -0.2) is 44.3 Å². The maximum absolute atomic E-state index is 13.4. The van der Waals surface area contributed by atoms with Gasteiger partial charge in [-0.25, -0.2) is 5.01 Å². The average molecular weight is 462 g/mol. The van der Waals surface area contributed by atoms with Crippen molar-refractivity contribution in [1.82, 2.24) is 19.8 Å². The first kappa shape index (κ1) is 21.7. The first-order chi connectivity index (χ1) is 16.2. The third-order valence-corrected chi connectivity index (χ3v) is 7.05. The molecule has 170 valence electrons. The summed E-state index contributed by atoms with van der Waals surface area (Å²) in [5.41, 5.74) is 3.00. The highest BCUT2D eigenvalue weighted by Crippen LogP contribution is 2.40. The summed E-state index contributed by atoms with van der Waals surface area (Å²) in [6.45, 7) is 2.90. The van der Waals surface area contributed by atoms with Crippen molar-refractivity contribution in [3.05, 3.63) is 71.5 Å². The lowest BCUT2D eigenvalue weighted by Gasteiger charge is -2.22. The van der Waals surface area contributed by atoms with Gasteiger partial charge in [0.15, 0.2) is 5.16 Å². The summed E-state index contributed by atoms with van der Waals surface area (Å²) in [4.78, 5) is 13.4. The molecule has 1 aliphatic carbocycles. The number of nitrogens with zero attached hydrogens (tertiary/aromatic N) is 5. The monoisotopic (exact) mass is 461 g/mol. The summed E-state index contributed by atoms with van der Waals surface area (Å²) in [7, 11) is 1.65. The molecule has 0 radical (unpaired) electrons. The molecule has 5 rings (SSSR count). The smallest absolute Gasteiger partial charge is 0.253 e. The zero-order valence-electron chi connectivity index (χ0n) is 18.8. The molecule has 1 fully saturated rings. The average Bonchev–Trinajstić information content (AvgIpc) is 3.47. The molecule has 0 N–H and O–H groups in total. The van der Waals surface area contributed by atoms with Crippen LogP contribution >= 0.6 is 11.8 Å². The van der Waals surface area contributed by atoms with E-state index in [9.17, 15) is 4.79 Å². The van der Waals surface area contributed by atoms with Gasteiger partial charge in [-0.15, -0.1) is 10.2 Å². The molecule has 1 unspecified atom stereocenters. The first-order valence-electron chi connectivity index (χ1n) is 11.3. The fourth-order valence-corrected chi connectivity index (χ4v) is 5.03. The third-order valence-electron chi connectivity index (χ3n) is 6.10. The second-order valence-corrected chi connectivity index (χ2v) is 9.23. The Bertz CT molecular complexity index is 1160. The highest BCUT2D eigenvalue weighted by molar-refractivity contribution is 7.99. The van der Waals surface area contributed by atoms with Crippen molar-refractivity contribution in [2.75, 3.05) is 12.9 Å². The van der Waals surface area contributed by atoms with E-state index in [0.717, 1.165) is 40.1 Å². The summed E-state index contributed by atoms with van der Waals surface area (Å²) >= 11 is 1.44. The number of hydrogen-bond acceptors (Lipinski definition) is 6. The lowest BCUT2D eigenvalue weighted by molar-refractivity contribution is -0.130. The second-order valence-electron chi connectivity index (χ2n) is 8.29. The predicted molar refractivity (Wildman–Crippen MR) is 129 cm³/mol. The summed E-state index contributed by atoms with van der Waals surface area (Å²) in [6.07, 6.45) is 3.02. The van der Waals surface area contributed by atoms with Gasteiger partial charge in [-0.3, -0.25) is 4.79 Å². The minimum absolute atomic E-state index is 0.0367. The van der Waals surface area contributed by atoms with Gasteiger partial charge in [0.1, 0.15) is 11.6 Å². The number of thioether (sulfide) groups is 1. The largest absolute Gasteiger partial charge is 0.497 e. The summed E-state index contributed by atoms with van der Waals surface area (Å²) in [6, 6.07) is 17.8. The van der Waals surface area contributed by atoms with E-state index in [1.807, 2.05) is 54.6 Å². The molecule has 1 aliphatic heterocycles. The van der Waals surface area contributed by atoms with Crippen LogP contribution in [-0.2, 0) is 11.3 Å². The van der Waals surface area contributed by atoms with Crippen molar-refractivity contribution in [1.29, 1.82) is 0 Å². The molecular weight excluding hydrogens is 434 g/mol. The number of hydrogen-bond donors (Lipinski definition) is 0. The van der Waals surface area contributed by atoms with Gasteiger partial charge in [0.25, 0.3) is 5.91 Å². The Morgan fingerprint density at radius 3 is 2.52 bits per heavy atom. The predicted octanol–water partition coefficient (Wildman–Crippen LogP) is 4.65. The molecule has 33 heavy (non-hydrogen) atoms. The Balaban J connectivity index is 1.37. The molecule has 2 aliphatic rings. The van der Waals surface area contributed by atoms with Crippen LogP contribution in [0.4, 0.5) is 0 Å². The molecule has 0 saturated heterocycles. The number of ether oxygens (including phenoxy) is 1. The van der Waals surface area contributed by atoms with Gasteiger partial charge in [0.2, 0.25) is 0 Å². The fourth-order valence-electron chi connectivity index (χ4n) is 4.17. The van der Waals surface area contributed by atoms with Crippen LogP contribution in [0.25, 0.3) is 0 Å². The van der Waals surface area contributed by atoms with E-state index in [1.165, 1.54) is 24.6 Å². The standard InChI is InChI=1S/C25H27N5O2S/c1-3-29-24(19-9-10-19)26-27-25(29)33-16-23(31)30-22(18-11-13-20(32-2)14-12-18)15-21(28-30)17-7-5-4-6-8-17/h4-8,11-14,19,22H,3,9-10,15-16H2,1-2H3. The second kappa shape index (κ2) is 9.39. The van der Waals surface area contributed by atoms with Crippen molar-refractivity contribution in [2.45, 2.75) is 49.8 Å². The summed E-state index contributed by atoms with van der Waals surface area (Å²) in [5, 5.41) is 16.0. The zero-order valence-corrected chi connectivity index (χ0v) is 19.7. The van der Waals surface area contributed by atoms with E-state index in [4.69, 9.17) is 9.84 Å². The van der Waals surface area contributed by atoms with E-state index < -0.39 is 0 Å². The SMILES string of the molecule is CCn1c(SCC(=O)N2N=C(c3ccccc3)CC2c2ccc(OC)cc2)nnc1C1CC1. The fraction of sp³-hybridized carbons (Fsp3) is 0.360. The van der Waals surface area contributed by atoms with Crippen LogP contribution in [0.1, 0.15) is 55.1 Å². The molecule has 3 aromatic rings. The molecule has 2 aromatic carbocycles. The number of benzene rings is 2. The third kappa shape index (κ3) is 4.53. The zero-order chi connectivity index (χ0) is 22.8. The molecule has 2 heterocycles. The minimum Gasteiger partial charge on any atom is -0.497 e. The van der Waals surface area contributed by atoms with E-state index in [0.29, 0.717) is 12.3 Å². The van der Waals surface area contributed by atoms with Crippen molar-refractivity contribution in [3.63, 3.8) is 0 Å². The summed E-state index contributed by atoms with van der Waals surface area (Å²) < 4.78 is 7.44. The van der Waals surface area contributed by atoms with E-state index in [-0.39, 0.29) is 17.7 Å². The Morgan fingerprint density at radius 2 is 1.85 bits per heavy atom. The molecule has 1 amide bonds. The lowest BCUT2D eigenvalue weighted by Crippen LogP contribution is -2.28. The van der Waals surface area contributed by atoms with E-state index >= 15 is 0 Å². The highest BCUT2D eigenvalue weighted by Gasteiger charge is 2.34. The first-order valence-corrected chi connectivity index (χ1v) is 12.3. The van der Waals surface area contributed by atoms with Gasteiger partial charge in [0.05, 0.1) is 24.6 Å². The van der Waals surface area contributed by atoms with Crippen molar-refractivity contribution in [2.24, 2.45) is 5.10 Å². The van der Waals surface area contributed by atoms with Crippen molar-refractivity contribution < 1.29 is 9.53 Å². The van der Waals surface area contributed by atoms with Gasteiger partial charge in [0, 0.05) is 18.9 Å². The maximum Gasteiger partial charge on any atom is 0.253 e. The Kier molecular flexibility index (Phi) is 6.17. The number of carbonyl (C=O) groups is 1. The van der Waals surface area contributed by atoms with Gasteiger partial charge < -0.3 is 9.30 Å². The van der Waals surface area contributed by atoms with Crippen LogP contribution < -0.4 is 4.74 Å². The maximum atomic E-state index is 13.4. The normalized spacial score (nSPS) is 17.8. The van der Waals surface area contributed by atoms with Crippen molar-refractivity contribution in [3.8, 4) is 5.75 Å². The molecule has 1 atom stereocenters. The minimum atomic E-state index is -0.148. The van der Waals surface area contributed by atoms with Crippen molar-refractivity contribution >= 4 is 23.4 Å². The molecule has 7 nitrogen and oxygen atoms in total. The Labute approximate surface area is 197 Å². The molecule has 1 saturated carbocycles. The lowest BCUT2D eigenvalue weighted by atomic mass is 9.98. The van der Waals surface area contributed by atoms with E-state index in [2.05, 4.69) is 21.7 Å². The van der Waals surface area contributed by atoms with Gasteiger partial charge in [-0.2, -0.15) is 5.10 Å². The molecule has 0 spiro atoms. The number of hydrazone groups is 1. The number of methoxy groups -OCH3 is 1. The number of rotatable bonds is 8. The Hall–Kier alpha value is -3.13. The molecular formula is C25H27N5O2S. The topological polar surface area (TPSA) is 72.6 Å². The van der Waals surface area contributed by atoms with Crippen LogP contribution in [0.3, 0.4) is 0 Å². The Morgan fingerprint density at radius 1 is 1.09 bits per heavy atom. The number of carbonyl (C=O) groups excluding carboxylic acids is 1. The molecule has 0 bridgehead atoms. The van der Waals surface area contributed by atoms with Crippen LogP contribution in [0, 0.1) is 0 Å². The number of amides is 1. The highest BCUT2D eigenvalue weighted by atomic mass is 32.2. The van der Waals surface area contributed by atoms with Crippen LogP contribution in [0.15, 0.2) is 64.9 Å².